The Morgan fingerprint density at radius 2 is 2.00 bits per heavy atom. The molecule has 3 nitrogen and oxygen atoms in total. The molecule has 0 aromatic carbocycles. The van der Waals surface area contributed by atoms with Crippen LogP contribution in [0, 0.1) is 5.41 Å². The first-order chi connectivity index (χ1) is 6.26. The first-order valence-corrected chi connectivity index (χ1v) is 4.88. The van der Waals surface area contributed by atoms with Crippen LogP contribution in [0.15, 0.2) is 12.7 Å². The van der Waals surface area contributed by atoms with Crippen molar-refractivity contribution < 1.29 is 4.79 Å². The zero-order chi connectivity index (χ0) is 9.31. The number of nitrogens with one attached hydrogen (secondary N) is 1. The van der Waals surface area contributed by atoms with Gasteiger partial charge in [-0.1, -0.05) is 6.58 Å². The second-order valence-corrected chi connectivity index (χ2v) is 4.13. The summed E-state index contributed by atoms with van der Waals surface area (Å²) >= 11 is 0. The highest BCUT2D eigenvalue weighted by atomic mass is 16.2. The van der Waals surface area contributed by atoms with Gasteiger partial charge in [0.25, 0.3) is 0 Å². The van der Waals surface area contributed by atoms with Crippen LogP contribution in [-0.2, 0) is 4.79 Å². The first-order valence-electron chi connectivity index (χ1n) is 4.88. The van der Waals surface area contributed by atoms with Crippen LogP contribution < -0.4 is 5.32 Å². The number of carbonyl (C=O) groups excluding carboxylic acids is 1. The van der Waals surface area contributed by atoms with Crippen LogP contribution >= 0.6 is 0 Å². The summed E-state index contributed by atoms with van der Waals surface area (Å²) in [5.41, 5.74) is 0.526. The highest BCUT2D eigenvalue weighted by molar-refractivity contribution is 5.87. The van der Waals surface area contributed by atoms with Crippen molar-refractivity contribution in [3.63, 3.8) is 0 Å². The molecule has 2 heterocycles. The van der Waals surface area contributed by atoms with Gasteiger partial charge in [0.1, 0.15) is 0 Å². The fourth-order valence-electron chi connectivity index (χ4n) is 2.16. The second-order valence-electron chi connectivity index (χ2n) is 4.13. The maximum atomic E-state index is 11.3. The minimum absolute atomic E-state index is 0.0853. The van der Waals surface area contributed by atoms with Crippen molar-refractivity contribution >= 4 is 5.91 Å². The van der Waals surface area contributed by atoms with Crippen LogP contribution in [0.1, 0.15) is 12.8 Å². The first kappa shape index (κ1) is 8.75. The van der Waals surface area contributed by atoms with E-state index in [0.717, 1.165) is 39.0 Å². The molecule has 2 aliphatic heterocycles. The van der Waals surface area contributed by atoms with E-state index in [1.807, 2.05) is 4.90 Å². The number of hydrogen-bond acceptors (Lipinski definition) is 2. The lowest BCUT2D eigenvalue weighted by Gasteiger charge is -2.48. The molecule has 0 aliphatic carbocycles. The molecule has 1 spiro atoms. The van der Waals surface area contributed by atoms with Crippen molar-refractivity contribution in [2.75, 3.05) is 26.2 Å². The summed E-state index contributed by atoms with van der Waals surface area (Å²) in [6, 6.07) is 0. The van der Waals surface area contributed by atoms with Crippen molar-refractivity contribution in [3.05, 3.63) is 12.7 Å². The Balaban J connectivity index is 1.88. The third kappa shape index (κ3) is 1.48. The van der Waals surface area contributed by atoms with E-state index in [0.29, 0.717) is 5.41 Å². The molecule has 0 aromatic rings. The number of amides is 1. The van der Waals surface area contributed by atoms with Gasteiger partial charge in [-0.05, 0) is 24.3 Å². The van der Waals surface area contributed by atoms with Crippen LogP contribution in [-0.4, -0.2) is 37.0 Å². The Kier molecular flexibility index (Phi) is 2.12. The normalized spacial score (nSPS) is 25.4. The molecule has 1 amide bonds. The molecule has 2 fully saturated rings. The Labute approximate surface area is 78.8 Å². The predicted molar refractivity (Wildman–Crippen MR) is 51.3 cm³/mol. The fourth-order valence-corrected chi connectivity index (χ4v) is 2.16. The summed E-state index contributed by atoms with van der Waals surface area (Å²) in [5.74, 6) is 0.0853. The Bertz CT molecular complexity index is 223. The van der Waals surface area contributed by atoms with Crippen molar-refractivity contribution in [1.29, 1.82) is 0 Å². The molecule has 2 rings (SSSR count). The topological polar surface area (TPSA) is 32.3 Å². The lowest BCUT2D eigenvalue weighted by atomic mass is 9.73. The van der Waals surface area contributed by atoms with E-state index in [-0.39, 0.29) is 5.91 Å². The molecular weight excluding hydrogens is 164 g/mol. The molecule has 0 saturated carbocycles. The van der Waals surface area contributed by atoms with Crippen molar-refractivity contribution in [2.45, 2.75) is 12.8 Å². The number of carbonyl (C=O) groups is 1. The van der Waals surface area contributed by atoms with Gasteiger partial charge in [0.05, 0.1) is 0 Å². The molecular formula is C10H16N2O. The van der Waals surface area contributed by atoms with Gasteiger partial charge < -0.3 is 10.2 Å². The van der Waals surface area contributed by atoms with E-state index >= 15 is 0 Å². The SMILES string of the molecule is C=CC(=O)N1CCC2(CC1)CNC2. The molecule has 72 valence electrons. The van der Waals surface area contributed by atoms with Crippen LogP contribution in [0.4, 0.5) is 0 Å². The van der Waals surface area contributed by atoms with E-state index in [1.165, 1.54) is 6.08 Å². The minimum atomic E-state index is 0.0853. The molecule has 0 aromatic heterocycles. The molecule has 2 aliphatic rings. The average molecular weight is 180 g/mol. The van der Waals surface area contributed by atoms with E-state index in [2.05, 4.69) is 11.9 Å². The summed E-state index contributed by atoms with van der Waals surface area (Å²) < 4.78 is 0. The van der Waals surface area contributed by atoms with Crippen molar-refractivity contribution in [1.82, 2.24) is 10.2 Å². The van der Waals surface area contributed by atoms with Crippen LogP contribution in [0.25, 0.3) is 0 Å². The summed E-state index contributed by atoms with van der Waals surface area (Å²) in [6.07, 6.45) is 3.72. The van der Waals surface area contributed by atoms with E-state index in [1.54, 1.807) is 0 Å². The molecule has 0 unspecified atom stereocenters. The molecule has 3 heteroatoms. The standard InChI is InChI=1S/C10H16N2O/c1-2-9(13)12-5-3-10(4-6-12)7-11-8-10/h2,11H,1,3-8H2. The number of hydrogen-bond donors (Lipinski definition) is 1. The summed E-state index contributed by atoms with van der Waals surface area (Å²) in [7, 11) is 0. The summed E-state index contributed by atoms with van der Waals surface area (Å²) in [5, 5.41) is 3.31. The van der Waals surface area contributed by atoms with E-state index in [4.69, 9.17) is 0 Å². The zero-order valence-corrected chi connectivity index (χ0v) is 7.88. The van der Waals surface area contributed by atoms with Crippen LogP contribution in [0.2, 0.25) is 0 Å². The molecule has 2 saturated heterocycles. The Morgan fingerprint density at radius 3 is 2.38 bits per heavy atom. The van der Waals surface area contributed by atoms with Gasteiger partial charge in [-0.15, -0.1) is 0 Å². The van der Waals surface area contributed by atoms with Gasteiger partial charge in [0, 0.05) is 26.2 Å². The minimum Gasteiger partial charge on any atom is -0.339 e. The molecule has 0 atom stereocenters. The van der Waals surface area contributed by atoms with Gasteiger partial charge in [-0.25, -0.2) is 0 Å². The molecule has 0 radical (unpaired) electrons. The monoisotopic (exact) mass is 180 g/mol. The number of piperidine rings is 1. The predicted octanol–water partition coefficient (Wildman–Crippen LogP) is 0.384. The zero-order valence-electron chi connectivity index (χ0n) is 7.88. The average Bonchev–Trinajstić information content (AvgIpc) is 2.14. The maximum Gasteiger partial charge on any atom is 0.245 e. The molecule has 1 N–H and O–H groups in total. The molecule has 0 bridgehead atoms. The number of nitrogens with zero attached hydrogens (tertiary/aromatic N) is 1. The smallest absolute Gasteiger partial charge is 0.245 e. The van der Waals surface area contributed by atoms with Crippen LogP contribution in [0.5, 0.6) is 0 Å². The highest BCUT2D eigenvalue weighted by Crippen LogP contribution is 2.34. The van der Waals surface area contributed by atoms with Gasteiger partial charge in [0.2, 0.25) is 5.91 Å². The number of rotatable bonds is 1. The van der Waals surface area contributed by atoms with Gasteiger partial charge in [0.15, 0.2) is 0 Å². The lowest BCUT2D eigenvalue weighted by Crippen LogP contribution is -2.58. The summed E-state index contributed by atoms with van der Waals surface area (Å²) in [6.45, 7) is 7.61. The van der Waals surface area contributed by atoms with Gasteiger partial charge in [-0.3, -0.25) is 4.79 Å². The van der Waals surface area contributed by atoms with Gasteiger partial charge in [-0.2, -0.15) is 0 Å². The van der Waals surface area contributed by atoms with E-state index < -0.39 is 0 Å². The van der Waals surface area contributed by atoms with Crippen molar-refractivity contribution in [2.24, 2.45) is 5.41 Å². The fraction of sp³-hybridized carbons (Fsp3) is 0.700. The largest absolute Gasteiger partial charge is 0.339 e. The van der Waals surface area contributed by atoms with Crippen LogP contribution in [0.3, 0.4) is 0 Å². The third-order valence-electron chi connectivity index (χ3n) is 3.31. The Hall–Kier alpha value is -0.830. The molecule has 13 heavy (non-hydrogen) atoms. The lowest BCUT2D eigenvalue weighted by molar-refractivity contribution is -0.128. The number of likely N-dealkylation sites (tertiary alicyclic amines) is 1. The van der Waals surface area contributed by atoms with Gasteiger partial charge >= 0.3 is 0 Å². The Morgan fingerprint density at radius 1 is 1.38 bits per heavy atom. The quantitative estimate of drug-likeness (QED) is 0.592. The highest BCUT2D eigenvalue weighted by Gasteiger charge is 2.40. The van der Waals surface area contributed by atoms with Crippen molar-refractivity contribution in [3.8, 4) is 0 Å². The maximum absolute atomic E-state index is 11.3. The van der Waals surface area contributed by atoms with E-state index in [9.17, 15) is 4.79 Å². The second kappa shape index (κ2) is 3.14. The third-order valence-corrected chi connectivity index (χ3v) is 3.31. The summed E-state index contributed by atoms with van der Waals surface area (Å²) in [4.78, 5) is 13.2.